The van der Waals surface area contributed by atoms with Crippen molar-refractivity contribution in [2.24, 2.45) is 5.92 Å². The first kappa shape index (κ1) is 9.74. The standard InChI is InChI=1S/C11H17NO2/c1-9-6-12(4-2-11(9)13)7-10-3-5-14-8-10/h3,5,8-9,11,13H,2,4,6-7H2,1H3. The number of aliphatic hydroxyl groups is 1. The number of likely N-dealkylation sites (tertiary alicyclic amines) is 1. The Balaban J connectivity index is 1.88. The molecular formula is C11H17NO2. The summed E-state index contributed by atoms with van der Waals surface area (Å²) in [5.41, 5.74) is 1.22. The molecule has 1 aliphatic rings. The molecule has 0 bridgehead atoms. The van der Waals surface area contributed by atoms with Gasteiger partial charge in [0.05, 0.1) is 18.6 Å². The summed E-state index contributed by atoms with van der Waals surface area (Å²) in [5, 5.41) is 9.58. The second-order valence-corrected chi connectivity index (χ2v) is 4.20. The van der Waals surface area contributed by atoms with Crippen LogP contribution in [0.5, 0.6) is 0 Å². The van der Waals surface area contributed by atoms with Crippen molar-refractivity contribution >= 4 is 0 Å². The molecule has 2 heterocycles. The molecule has 1 fully saturated rings. The predicted octanol–water partition coefficient (Wildman–Crippen LogP) is 1.48. The number of hydrogen-bond donors (Lipinski definition) is 1. The maximum Gasteiger partial charge on any atom is 0.0947 e. The number of rotatable bonds is 2. The van der Waals surface area contributed by atoms with E-state index >= 15 is 0 Å². The highest BCUT2D eigenvalue weighted by Gasteiger charge is 2.23. The summed E-state index contributed by atoms with van der Waals surface area (Å²) in [5.74, 6) is 0.385. The molecule has 3 nitrogen and oxygen atoms in total. The number of aliphatic hydroxyl groups excluding tert-OH is 1. The van der Waals surface area contributed by atoms with Crippen LogP contribution < -0.4 is 0 Å². The lowest BCUT2D eigenvalue weighted by atomic mass is 9.96. The van der Waals surface area contributed by atoms with Gasteiger partial charge in [0.15, 0.2) is 0 Å². The zero-order valence-corrected chi connectivity index (χ0v) is 8.52. The second-order valence-electron chi connectivity index (χ2n) is 4.20. The van der Waals surface area contributed by atoms with Crippen molar-refractivity contribution in [3.05, 3.63) is 24.2 Å². The number of hydrogen-bond acceptors (Lipinski definition) is 3. The normalized spacial score (nSPS) is 29.3. The molecule has 2 unspecified atom stereocenters. The molecule has 78 valence electrons. The Kier molecular flexibility index (Phi) is 2.89. The van der Waals surface area contributed by atoms with Crippen LogP contribution in [0.4, 0.5) is 0 Å². The molecule has 0 radical (unpaired) electrons. The third-order valence-corrected chi connectivity index (χ3v) is 2.93. The maximum atomic E-state index is 9.58. The number of nitrogens with zero attached hydrogens (tertiary/aromatic N) is 1. The van der Waals surface area contributed by atoms with Gasteiger partial charge in [-0.15, -0.1) is 0 Å². The predicted molar refractivity (Wildman–Crippen MR) is 53.8 cm³/mol. The number of furan rings is 1. The van der Waals surface area contributed by atoms with Crippen molar-refractivity contribution in [1.29, 1.82) is 0 Å². The van der Waals surface area contributed by atoms with Crippen LogP contribution >= 0.6 is 0 Å². The van der Waals surface area contributed by atoms with E-state index in [0.717, 1.165) is 26.1 Å². The van der Waals surface area contributed by atoms with E-state index in [4.69, 9.17) is 4.42 Å². The SMILES string of the molecule is CC1CN(Cc2ccoc2)CCC1O. The van der Waals surface area contributed by atoms with Crippen LogP contribution in [0.3, 0.4) is 0 Å². The molecule has 0 amide bonds. The van der Waals surface area contributed by atoms with E-state index < -0.39 is 0 Å². The zero-order valence-electron chi connectivity index (χ0n) is 8.52. The topological polar surface area (TPSA) is 36.6 Å². The smallest absolute Gasteiger partial charge is 0.0947 e. The molecular weight excluding hydrogens is 178 g/mol. The summed E-state index contributed by atoms with van der Waals surface area (Å²) in [4.78, 5) is 2.36. The van der Waals surface area contributed by atoms with Crippen molar-refractivity contribution in [1.82, 2.24) is 4.90 Å². The molecule has 0 aliphatic carbocycles. The van der Waals surface area contributed by atoms with Crippen LogP contribution in [0.2, 0.25) is 0 Å². The first-order chi connectivity index (χ1) is 6.75. The Bertz CT molecular complexity index is 271. The largest absolute Gasteiger partial charge is 0.472 e. The molecule has 1 aromatic rings. The number of piperidine rings is 1. The zero-order chi connectivity index (χ0) is 9.97. The highest BCUT2D eigenvalue weighted by molar-refractivity contribution is 5.05. The van der Waals surface area contributed by atoms with Crippen LogP contribution in [0.1, 0.15) is 18.9 Å². The second kappa shape index (κ2) is 4.15. The molecule has 2 rings (SSSR count). The minimum atomic E-state index is -0.115. The van der Waals surface area contributed by atoms with Crippen LogP contribution in [0.25, 0.3) is 0 Å². The molecule has 0 spiro atoms. The van der Waals surface area contributed by atoms with Crippen molar-refractivity contribution < 1.29 is 9.52 Å². The van der Waals surface area contributed by atoms with Gasteiger partial charge in [-0.1, -0.05) is 6.92 Å². The molecule has 0 saturated carbocycles. The summed E-state index contributed by atoms with van der Waals surface area (Å²) in [6.45, 7) is 5.00. The summed E-state index contributed by atoms with van der Waals surface area (Å²) >= 11 is 0. The Morgan fingerprint density at radius 2 is 2.50 bits per heavy atom. The van der Waals surface area contributed by atoms with E-state index in [1.165, 1.54) is 5.56 Å². The Labute approximate surface area is 84.3 Å². The van der Waals surface area contributed by atoms with Crippen molar-refractivity contribution in [3.63, 3.8) is 0 Å². The molecule has 1 saturated heterocycles. The van der Waals surface area contributed by atoms with Gasteiger partial charge in [-0.2, -0.15) is 0 Å². The van der Waals surface area contributed by atoms with Gasteiger partial charge in [0.25, 0.3) is 0 Å². The Hall–Kier alpha value is -0.800. The van der Waals surface area contributed by atoms with Crippen molar-refractivity contribution in [2.75, 3.05) is 13.1 Å². The quantitative estimate of drug-likeness (QED) is 0.776. The van der Waals surface area contributed by atoms with Crippen LogP contribution in [-0.2, 0) is 6.54 Å². The average Bonchev–Trinajstić information content (AvgIpc) is 2.64. The fourth-order valence-electron chi connectivity index (χ4n) is 2.00. The summed E-state index contributed by atoms with van der Waals surface area (Å²) in [6.07, 6.45) is 4.27. The molecule has 14 heavy (non-hydrogen) atoms. The molecule has 2 atom stereocenters. The van der Waals surface area contributed by atoms with Crippen molar-refractivity contribution in [2.45, 2.75) is 26.0 Å². The minimum Gasteiger partial charge on any atom is -0.472 e. The Morgan fingerprint density at radius 3 is 3.14 bits per heavy atom. The molecule has 1 N–H and O–H groups in total. The molecule has 0 aromatic carbocycles. The van der Waals surface area contributed by atoms with E-state index in [9.17, 15) is 5.11 Å². The highest BCUT2D eigenvalue weighted by Crippen LogP contribution is 2.18. The molecule has 1 aromatic heterocycles. The van der Waals surface area contributed by atoms with E-state index in [-0.39, 0.29) is 6.10 Å². The maximum absolute atomic E-state index is 9.58. The van der Waals surface area contributed by atoms with Crippen LogP contribution in [-0.4, -0.2) is 29.2 Å². The third-order valence-electron chi connectivity index (χ3n) is 2.93. The molecule has 1 aliphatic heterocycles. The lowest BCUT2D eigenvalue weighted by Gasteiger charge is -2.34. The van der Waals surface area contributed by atoms with Gasteiger partial charge in [0.2, 0.25) is 0 Å². The summed E-state index contributed by atoms with van der Waals surface area (Å²) in [6, 6.07) is 2.00. The minimum absolute atomic E-state index is 0.115. The van der Waals surface area contributed by atoms with E-state index in [1.807, 2.05) is 6.07 Å². The van der Waals surface area contributed by atoms with Crippen LogP contribution in [0, 0.1) is 5.92 Å². The van der Waals surface area contributed by atoms with E-state index in [2.05, 4.69) is 11.8 Å². The summed E-state index contributed by atoms with van der Waals surface area (Å²) in [7, 11) is 0. The van der Waals surface area contributed by atoms with E-state index in [0.29, 0.717) is 5.92 Å². The van der Waals surface area contributed by atoms with Gasteiger partial charge in [-0.25, -0.2) is 0 Å². The van der Waals surface area contributed by atoms with Crippen LogP contribution in [0.15, 0.2) is 23.0 Å². The Morgan fingerprint density at radius 1 is 1.64 bits per heavy atom. The third kappa shape index (κ3) is 2.16. The average molecular weight is 195 g/mol. The molecule has 3 heteroatoms. The lowest BCUT2D eigenvalue weighted by Crippen LogP contribution is -2.41. The fourth-order valence-corrected chi connectivity index (χ4v) is 2.00. The van der Waals surface area contributed by atoms with Gasteiger partial charge in [0.1, 0.15) is 0 Å². The summed E-state index contributed by atoms with van der Waals surface area (Å²) < 4.78 is 5.03. The van der Waals surface area contributed by atoms with Gasteiger partial charge in [-0.3, -0.25) is 4.90 Å². The van der Waals surface area contributed by atoms with Gasteiger partial charge < -0.3 is 9.52 Å². The van der Waals surface area contributed by atoms with Crippen molar-refractivity contribution in [3.8, 4) is 0 Å². The first-order valence-corrected chi connectivity index (χ1v) is 5.17. The highest BCUT2D eigenvalue weighted by atomic mass is 16.3. The first-order valence-electron chi connectivity index (χ1n) is 5.17. The van der Waals surface area contributed by atoms with Gasteiger partial charge >= 0.3 is 0 Å². The van der Waals surface area contributed by atoms with Gasteiger partial charge in [0, 0.05) is 25.2 Å². The lowest BCUT2D eigenvalue weighted by molar-refractivity contribution is 0.0319. The fraction of sp³-hybridized carbons (Fsp3) is 0.636. The monoisotopic (exact) mass is 195 g/mol. The van der Waals surface area contributed by atoms with E-state index in [1.54, 1.807) is 12.5 Å². The van der Waals surface area contributed by atoms with Gasteiger partial charge in [-0.05, 0) is 18.4 Å².